The molecule has 0 aromatic carbocycles. The summed E-state index contributed by atoms with van der Waals surface area (Å²) in [6.45, 7) is 4.10. The summed E-state index contributed by atoms with van der Waals surface area (Å²) >= 11 is 1.70. The first-order chi connectivity index (χ1) is 6.25. The molecule has 0 saturated heterocycles. The molecule has 0 fully saturated rings. The van der Waals surface area contributed by atoms with E-state index in [1.165, 1.54) is 10.4 Å². The SMILES string of the molecule is Cc1cncc(-c2ncc(C)s2)c1. The van der Waals surface area contributed by atoms with E-state index in [0.29, 0.717) is 0 Å². The van der Waals surface area contributed by atoms with Crippen LogP contribution in [-0.4, -0.2) is 9.97 Å². The van der Waals surface area contributed by atoms with E-state index >= 15 is 0 Å². The van der Waals surface area contributed by atoms with Gasteiger partial charge in [-0.3, -0.25) is 4.98 Å². The molecule has 3 heteroatoms. The minimum absolute atomic E-state index is 1.05. The molecule has 0 spiro atoms. The van der Waals surface area contributed by atoms with Gasteiger partial charge in [0.05, 0.1) is 0 Å². The third-order valence-corrected chi connectivity index (χ3v) is 2.71. The van der Waals surface area contributed by atoms with E-state index in [2.05, 4.69) is 23.0 Å². The highest BCUT2D eigenvalue weighted by molar-refractivity contribution is 7.14. The largest absolute Gasteiger partial charge is 0.264 e. The van der Waals surface area contributed by atoms with Gasteiger partial charge < -0.3 is 0 Å². The Bertz CT molecular complexity index is 420. The fourth-order valence-electron chi connectivity index (χ4n) is 1.16. The minimum atomic E-state index is 1.05. The molecule has 66 valence electrons. The lowest BCUT2D eigenvalue weighted by atomic mass is 10.2. The van der Waals surface area contributed by atoms with Gasteiger partial charge >= 0.3 is 0 Å². The van der Waals surface area contributed by atoms with E-state index in [0.717, 1.165) is 10.6 Å². The quantitative estimate of drug-likeness (QED) is 0.691. The second-order valence-electron chi connectivity index (χ2n) is 3.03. The molecule has 0 aliphatic heterocycles. The number of pyridine rings is 1. The second-order valence-corrected chi connectivity index (χ2v) is 4.26. The smallest absolute Gasteiger partial charge is 0.125 e. The van der Waals surface area contributed by atoms with E-state index in [-0.39, 0.29) is 0 Å². The first kappa shape index (κ1) is 8.38. The summed E-state index contributed by atoms with van der Waals surface area (Å²) in [4.78, 5) is 9.68. The molecular formula is C10H10N2S. The molecule has 0 N–H and O–H groups in total. The van der Waals surface area contributed by atoms with Crippen molar-refractivity contribution in [1.29, 1.82) is 0 Å². The fourth-order valence-corrected chi connectivity index (χ4v) is 1.91. The van der Waals surface area contributed by atoms with Crippen molar-refractivity contribution < 1.29 is 0 Å². The van der Waals surface area contributed by atoms with Crippen molar-refractivity contribution in [3.05, 3.63) is 35.1 Å². The van der Waals surface area contributed by atoms with E-state index in [1.54, 1.807) is 11.3 Å². The van der Waals surface area contributed by atoms with Crippen LogP contribution in [0.1, 0.15) is 10.4 Å². The number of nitrogens with zero attached hydrogens (tertiary/aromatic N) is 2. The highest BCUT2D eigenvalue weighted by Crippen LogP contribution is 2.24. The molecule has 0 atom stereocenters. The normalized spacial score (nSPS) is 10.3. The molecule has 0 radical (unpaired) electrons. The van der Waals surface area contributed by atoms with Gasteiger partial charge in [-0.1, -0.05) is 0 Å². The van der Waals surface area contributed by atoms with Crippen LogP contribution >= 0.6 is 11.3 Å². The summed E-state index contributed by atoms with van der Waals surface area (Å²) < 4.78 is 0. The van der Waals surface area contributed by atoms with Crippen molar-refractivity contribution in [2.45, 2.75) is 13.8 Å². The van der Waals surface area contributed by atoms with Crippen molar-refractivity contribution >= 4 is 11.3 Å². The maximum Gasteiger partial charge on any atom is 0.125 e. The number of aryl methyl sites for hydroxylation is 2. The lowest BCUT2D eigenvalue weighted by molar-refractivity contribution is 1.26. The Balaban J connectivity index is 2.46. The Hall–Kier alpha value is -1.22. The summed E-state index contributed by atoms with van der Waals surface area (Å²) in [6.07, 6.45) is 5.59. The molecule has 2 heterocycles. The molecule has 2 rings (SSSR count). The predicted molar refractivity (Wildman–Crippen MR) is 54.8 cm³/mol. The minimum Gasteiger partial charge on any atom is -0.264 e. The van der Waals surface area contributed by atoms with Crippen LogP contribution in [0.3, 0.4) is 0 Å². The molecule has 0 unspecified atom stereocenters. The van der Waals surface area contributed by atoms with E-state index in [4.69, 9.17) is 0 Å². The van der Waals surface area contributed by atoms with Gasteiger partial charge in [0.1, 0.15) is 5.01 Å². The standard InChI is InChI=1S/C10H10N2S/c1-7-3-9(6-11-4-7)10-12-5-8(2)13-10/h3-6H,1-2H3. The molecule has 0 bridgehead atoms. The summed E-state index contributed by atoms with van der Waals surface area (Å²) in [6, 6.07) is 2.10. The topological polar surface area (TPSA) is 25.8 Å². The van der Waals surface area contributed by atoms with Crippen LogP contribution < -0.4 is 0 Å². The Kier molecular flexibility index (Phi) is 2.10. The van der Waals surface area contributed by atoms with Crippen molar-refractivity contribution in [1.82, 2.24) is 9.97 Å². The van der Waals surface area contributed by atoms with E-state index in [1.807, 2.05) is 25.5 Å². The highest BCUT2D eigenvalue weighted by atomic mass is 32.1. The van der Waals surface area contributed by atoms with Gasteiger partial charge in [0.25, 0.3) is 0 Å². The van der Waals surface area contributed by atoms with E-state index in [9.17, 15) is 0 Å². The van der Waals surface area contributed by atoms with Crippen molar-refractivity contribution in [3.63, 3.8) is 0 Å². The Labute approximate surface area is 81.3 Å². The summed E-state index contributed by atoms with van der Waals surface area (Å²) in [5.41, 5.74) is 2.28. The Morgan fingerprint density at radius 3 is 2.62 bits per heavy atom. The Morgan fingerprint density at radius 2 is 2.00 bits per heavy atom. The van der Waals surface area contributed by atoms with Gasteiger partial charge in [0.2, 0.25) is 0 Å². The number of hydrogen-bond donors (Lipinski definition) is 0. The van der Waals surface area contributed by atoms with Gasteiger partial charge in [-0.15, -0.1) is 11.3 Å². The average Bonchev–Trinajstić information content (AvgIpc) is 2.52. The Morgan fingerprint density at radius 1 is 1.15 bits per heavy atom. The van der Waals surface area contributed by atoms with Gasteiger partial charge in [0.15, 0.2) is 0 Å². The van der Waals surface area contributed by atoms with Crippen LogP contribution in [0.5, 0.6) is 0 Å². The maximum atomic E-state index is 4.31. The first-order valence-electron chi connectivity index (χ1n) is 4.10. The maximum absolute atomic E-state index is 4.31. The number of rotatable bonds is 1. The molecule has 2 aromatic heterocycles. The summed E-state index contributed by atoms with van der Waals surface area (Å²) in [5, 5.41) is 1.05. The van der Waals surface area contributed by atoms with Gasteiger partial charge in [-0.25, -0.2) is 4.98 Å². The molecule has 0 amide bonds. The second kappa shape index (κ2) is 3.26. The molecule has 13 heavy (non-hydrogen) atoms. The average molecular weight is 190 g/mol. The number of thiazole rings is 1. The predicted octanol–water partition coefficient (Wildman–Crippen LogP) is 2.82. The van der Waals surface area contributed by atoms with Crippen LogP contribution in [0.2, 0.25) is 0 Å². The van der Waals surface area contributed by atoms with Crippen molar-refractivity contribution in [2.24, 2.45) is 0 Å². The van der Waals surface area contributed by atoms with E-state index < -0.39 is 0 Å². The monoisotopic (exact) mass is 190 g/mol. The highest BCUT2D eigenvalue weighted by Gasteiger charge is 2.01. The lowest BCUT2D eigenvalue weighted by Gasteiger charge is -1.95. The van der Waals surface area contributed by atoms with Gasteiger partial charge in [-0.05, 0) is 25.5 Å². The van der Waals surface area contributed by atoms with Gasteiger partial charge in [0, 0.05) is 29.0 Å². The number of hydrogen-bond acceptors (Lipinski definition) is 3. The zero-order valence-corrected chi connectivity index (χ0v) is 8.43. The first-order valence-corrected chi connectivity index (χ1v) is 4.92. The third kappa shape index (κ3) is 1.75. The van der Waals surface area contributed by atoms with Crippen LogP contribution in [0, 0.1) is 13.8 Å². The fraction of sp³-hybridized carbons (Fsp3) is 0.200. The van der Waals surface area contributed by atoms with Gasteiger partial charge in [-0.2, -0.15) is 0 Å². The van der Waals surface area contributed by atoms with Crippen LogP contribution in [0.25, 0.3) is 10.6 Å². The van der Waals surface area contributed by atoms with Crippen LogP contribution in [0.4, 0.5) is 0 Å². The van der Waals surface area contributed by atoms with Crippen LogP contribution in [-0.2, 0) is 0 Å². The summed E-state index contributed by atoms with van der Waals surface area (Å²) in [5.74, 6) is 0. The molecule has 0 saturated carbocycles. The molecule has 0 aliphatic carbocycles. The van der Waals surface area contributed by atoms with Crippen molar-refractivity contribution in [3.8, 4) is 10.6 Å². The lowest BCUT2D eigenvalue weighted by Crippen LogP contribution is -1.80. The molecule has 2 aromatic rings. The molecule has 2 nitrogen and oxygen atoms in total. The zero-order valence-electron chi connectivity index (χ0n) is 7.61. The summed E-state index contributed by atoms with van der Waals surface area (Å²) in [7, 11) is 0. The molecule has 0 aliphatic rings. The van der Waals surface area contributed by atoms with Crippen LogP contribution in [0.15, 0.2) is 24.7 Å². The number of aromatic nitrogens is 2. The zero-order chi connectivity index (χ0) is 9.26. The molecular weight excluding hydrogens is 180 g/mol. The third-order valence-electron chi connectivity index (χ3n) is 1.74. The van der Waals surface area contributed by atoms with Crippen molar-refractivity contribution in [2.75, 3.05) is 0 Å².